The normalized spacial score (nSPS) is 15.6. The maximum absolute atomic E-state index is 12.8. The summed E-state index contributed by atoms with van der Waals surface area (Å²) >= 11 is 6.99. The van der Waals surface area contributed by atoms with Crippen LogP contribution in [0, 0.1) is 4.91 Å². The molecule has 1 atom stereocenters. The Balaban J connectivity index is 1.46. The molecule has 1 unspecified atom stereocenters. The molecule has 2 heterocycles. The first kappa shape index (κ1) is 23.1. The third-order valence-corrected chi connectivity index (χ3v) is 5.79. The maximum atomic E-state index is 12.8. The lowest BCUT2D eigenvalue weighted by Crippen LogP contribution is -2.65. The van der Waals surface area contributed by atoms with Gasteiger partial charge in [-0.2, -0.15) is 4.98 Å². The Kier molecular flexibility index (Phi) is 6.70. The first-order valence-electron chi connectivity index (χ1n) is 9.81. The maximum Gasteiger partial charge on any atom is 0.336 e. The number of imide groups is 1. The number of amides is 5. The number of rotatable bonds is 7. The Morgan fingerprint density at radius 1 is 1.21 bits per heavy atom. The predicted molar refractivity (Wildman–Crippen MR) is 125 cm³/mol. The number of urea groups is 2. The number of hydrogen-bond donors (Lipinski definition) is 2. The predicted octanol–water partition coefficient (Wildman–Crippen LogP) is 4.47. The summed E-state index contributed by atoms with van der Waals surface area (Å²) in [6.07, 6.45) is -0.804. The van der Waals surface area contributed by atoms with E-state index in [0.29, 0.717) is 16.5 Å². The van der Waals surface area contributed by atoms with E-state index in [0.717, 1.165) is 21.8 Å². The molecule has 11 nitrogen and oxygen atoms in total. The molecule has 13 heteroatoms. The SMILES string of the molecule is CN1C(=O)NC(Nc2ccc(Oc3nc(C(=O)N=O)cs3)cc2)N(Cc2ccc(Cl)cc2)C1=O. The van der Waals surface area contributed by atoms with E-state index in [1.807, 2.05) is 0 Å². The lowest BCUT2D eigenvalue weighted by molar-refractivity contribution is 0.0995. The van der Waals surface area contributed by atoms with Crippen LogP contribution >= 0.6 is 22.9 Å². The molecule has 2 aromatic carbocycles. The van der Waals surface area contributed by atoms with Crippen molar-refractivity contribution in [1.29, 1.82) is 0 Å². The summed E-state index contributed by atoms with van der Waals surface area (Å²) in [6.45, 7) is 0.236. The monoisotopic (exact) mass is 500 g/mol. The van der Waals surface area contributed by atoms with Crippen LogP contribution in [0.2, 0.25) is 5.02 Å². The number of nitrogens with one attached hydrogen (secondary N) is 2. The van der Waals surface area contributed by atoms with E-state index in [1.165, 1.54) is 17.3 Å². The van der Waals surface area contributed by atoms with E-state index in [4.69, 9.17) is 16.3 Å². The van der Waals surface area contributed by atoms with Gasteiger partial charge >= 0.3 is 18.0 Å². The van der Waals surface area contributed by atoms with Gasteiger partial charge in [0.1, 0.15) is 11.4 Å². The summed E-state index contributed by atoms with van der Waals surface area (Å²) in [6, 6.07) is 12.7. The number of aromatic nitrogens is 1. The molecule has 5 amide bonds. The van der Waals surface area contributed by atoms with Crippen LogP contribution in [0.25, 0.3) is 0 Å². The molecule has 0 bridgehead atoms. The average Bonchev–Trinajstić information content (AvgIpc) is 3.30. The van der Waals surface area contributed by atoms with Crippen molar-refractivity contribution in [1.82, 2.24) is 20.1 Å². The molecule has 34 heavy (non-hydrogen) atoms. The average molecular weight is 501 g/mol. The molecule has 1 saturated heterocycles. The molecule has 0 aliphatic carbocycles. The molecule has 4 rings (SSSR count). The fourth-order valence-corrected chi connectivity index (χ4v) is 3.86. The molecule has 3 aromatic rings. The van der Waals surface area contributed by atoms with Gasteiger partial charge in [0, 0.05) is 28.3 Å². The number of anilines is 1. The van der Waals surface area contributed by atoms with Crippen LogP contribution in [0.1, 0.15) is 16.1 Å². The van der Waals surface area contributed by atoms with Crippen molar-refractivity contribution in [3.8, 4) is 10.9 Å². The van der Waals surface area contributed by atoms with Crippen LogP contribution in [-0.2, 0) is 6.54 Å². The van der Waals surface area contributed by atoms with Crippen molar-refractivity contribution < 1.29 is 19.1 Å². The van der Waals surface area contributed by atoms with E-state index in [9.17, 15) is 19.3 Å². The summed E-state index contributed by atoms with van der Waals surface area (Å²) in [7, 11) is 1.40. The number of nitroso groups, excluding NO2 is 1. The molecule has 1 aliphatic rings. The molecule has 0 saturated carbocycles. The smallest absolute Gasteiger partial charge is 0.336 e. The van der Waals surface area contributed by atoms with E-state index >= 15 is 0 Å². The van der Waals surface area contributed by atoms with Crippen LogP contribution < -0.4 is 15.4 Å². The molecule has 174 valence electrons. The highest BCUT2D eigenvalue weighted by Gasteiger charge is 2.36. The molecular formula is C21H17ClN6O5S. The number of carbonyl (C=O) groups excluding carboxylic acids is 3. The van der Waals surface area contributed by atoms with Crippen LogP contribution in [0.5, 0.6) is 10.9 Å². The van der Waals surface area contributed by atoms with Gasteiger partial charge in [0.15, 0.2) is 6.29 Å². The van der Waals surface area contributed by atoms with E-state index < -0.39 is 24.3 Å². The zero-order valence-electron chi connectivity index (χ0n) is 17.6. The molecule has 1 aliphatic heterocycles. The third-order valence-electron chi connectivity index (χ3n) is 4.82. The van der Waals surface area contributed by atoms with E-state index in [1.54, 1.807) is 48.5 Å². The highest BCUT2D eigenvalue weighted by Crippen LogP contribution is 2.27. The zero-order chi connectivity index (χ0) is 24.2. The van der Waals surface area contributed by atoms with Crippen molar-refractivity contribution in [2.75, 3.05) is 12.4 Å². The molecular weight excluding hydrogens is 484 g/mol. The molecule has 2 N–H and O–H groups in total. The van der Waals surface area contributed by atoms with Gasteiger partial charge in [0.25, 0.3) is 5.19 Å². The Bertz CT molecular complexity index is 1230. The molecule has 1 aromatic heterocycles. The number of benzene rings is 2. The quantitative estimate of drug-likeness (QED) is 0.457. The second-order valence-electron chi connectivity index (χ2n) is 7.11. The summed E-state index contributed by atoms with van der Waals surface area (Å²) in [5.74, 6) is -0.539. The lowest BCUT2D eigenvalue weighted by atomic mass is 10.2. The summed E-state index contributed by atoms with van der Waals surface area (Å²) < 4.78 is 5.59. The van der Waals surface area contributed by atoms with Crippen LogP contribution in [0.15, 0.2) is 59.1 Å². The van der Waals surface area contributed by atoms with Gasteiger partial charge in [-0.1, -0.05) is 35.1 Å². The van der Waals surface area contributed by atoms with Gasteiger partial charge < -0.3 is 10.1 Å². The number of carbonyl (C=O) groups is 3. The fraction of sp³-hybridized carbons (Fsp3) is 0.143. The first-order valence-corrected chi connectivity index (χ1v) is 11.1. The molecule has 1 fully saturated rings. The van der Waals surface area contributed by atoms with Crippen molar-refractivity contribution in [3.05, 3.63) is 75.1 Å². The van der Waals surface area contributed by atoms with Crippen molar-refractivity contribution >= 4 is 46.6 Å². The van der Waals surface area contributed by atoms with Crippen molar-refractivity contribution in [3.63, 3.8) is 0 Å². The minimum atomic E-state index is -0.969. The summed E-state index contributed by atoms with van der Waals surface area (Å²) in [5, 5.41) is 10.3. The molecule has 0 spiro atoms. The zero-order valence-corrected chi connectivity index (χ0v) is 19.2. The molecule has 0 radical (unpaired) electrons. The van der Waals surface area contributed by atoms with Crippen molar-refractivity contribution in [2.24, 2.45) is 5.18 Å². The first-order chi connectivity index (χ1) is 16.3. The number of halogens is 1. The number of thiazole rings is 1. The van der Waals surface area contributed by atoms with E-state index in [-0.39, 0.29) is 17.4 Å². The van der Waals surface area contributed by atoms with Crippen LogP contribution in [-0.4, -0.2) is 46.1 Å². The third kappa shape index (κ3) is 5.13. The van der Waals surface area contributed by atoms with Gasteiger partial charge in [-0.15, -0.1) is 4.91 Å². The largest absolute Gasteiger partial charge is 0.431 e. The second kappa shape index (κ2) is 9.85. The van der Waals surface area contributed by atoms with Gasteiger partial charge in [0.05, 0.1) is 6.54 Å². The topological polar surface area (TPSA) is 133 Å². The van der Waals surface area contributed by atoms with Crippen molar-refractivity contribution in [2.45, 2.75) is 12.8 Å². The lowest BCUT2D eigenvalue weighted by Gasteiger charge is -2.40. The Morgan fingerprint density at radius 2 is 1.91 bits per heavy atom. The van der Waals surface area contributed by atoms with Crippen LogP contribution in [0.4, 0.5) is 15.3 Å². The summed E-state index contributed by atoms with van der Waals surface area (Å²) in [4.78, 5) is 53.0. The highest BCUT2D eigenvalue weighted by molar-refractivity contribution is 7.11. The standard InChI is InChI=1S/C21H17ClN6O5S/c1-27-19(30)25-18(28(21(27)31)10-12-2-4-13(22)5-3-12)23-14-6-8-15(9-7-14)33-20-24-16(11-34-20)17(29)26-32/h2-9,11,18,23H,10H2,1H3,(H,25,30). The Labute approximate surface area is 202 Å². The van der Waals surface area contributed by atoms with Gasteiger partial charge in [0.2, 0.25) is 0 Å². The van der Waals surface area contributed by atoms with Crippen LogP contribution in [0.3, 0.4) is 0 Å². The number of hydrogen-bond acceptors (Lipinski definition) is 8. The number of ether oxygens (including phenoxy) is 1. The minimum absolute atomic E-state index is 0.0864. The second-order valence-corrected chi connectivity index (χ2v) is 8.37. The Hall–Kier alpha value is -4.03. The van der Waals surface area contributed by atoms with Gasteiger partial charge in [-0.25, -0.2) is 14.5 Å². The highest BCUT2D eigenvalue weighted by atomic mass is 35.5. The Morgan fingerprint density at radius 3 is 2.59 bits per heavy atom. The van der Waals surface area contributed by atoms with E-state index in [2.05, 4.69) is 20.8 Å². The number of nitrogens with zero attached hydrogens (tertiary/aromatic N) is 4. The minimum Gasteiger partial charge on any atom is -0.431 e. The van der Waals surface area contributed by atoms with Gasteiger partial charge in [-0.3, -0.25) is 15.0 Å². The summed E-state index contributed by atoms with van der Waals surface area (Å²) in [5.41, 5.74) is 1.36. The fourth-order valence-electron chi connectivity index (χ4n) is 3.07. The van der Waals surface area contributed by atoms with Gasteiger partial charge in [-0.05, 0) is 42.0 Å².